The molecule has 114 valence electrons. The van der Waals surface area contributed by atoms with Crippen molar-refractivity contribution >= 4 is 0 Å². The molecule has 0 aliphatic carbocycles. The standard InChI is InChI=1S/C17H28O3/c1-19-16-10-12-17(13-11-16)20-15-9-7-5-3-2-4-6-8-14-18/h10-13,18H,2-9,14-15H2,1H3. The van der Waals surface area contributed by atoms with Crippen LogP contribution in [0.2, 0.25) is 0 Å². The summed E-state index contributed by atoms with van der Waals surface area (Å²) in [5.41, 5.74) is 0. The Kier molecular flexibility index (Phi) is 9.76. The third kappa shape index (κ3) is 8.05. The molecule has 0 aliphatic rings. The fourth-order valence-electron chi connectivity index (χ4n) is 2.14. The van der Waals surface area contributed by atoms with Gasteiger partial charge < -0.3 is 14.6 Å². The first kappa shape index (κ1) is 16.8. The van der Waals surface area contributed by atoms with Gasteiger partial charge in [0, 0.05) is 6.61 Å². The van der Waals surface area contributed by atoms with Gasteiger partial charge in [-0.05, 0) is 37.1 Å². The predicted molar refractivity (Wildman–Crippen MR) is 82.5 cm³/mol. The normalized spacial score (nSPS) is 10.5. The van der Waals surface area contributed by atoms with E-state index < -0.39 is 0 Å². The number of hydrogen-bond donors (Lipinski definition) is 1. The van der Waals surface area contributed by atoms with E-state index in [0.717, 1.165) is 37.4 Å². The zero-order valence-electron chi connectivity index (χ0n) is 12.6. The van der Waals surface area contributed by atoms with E-state index in [9.17, 15) is 0 Å². The molecule has 0 spiro atoms. The SMILES string of the molecule is COc1ccc(OCCCCCCCCCCO)cc1. The van der Waals surface area contributed by atoms with E-state index in [0.29, 0.717) is 6.61 Å². The highest BCUT2D eigenvalue weighted by molar-refractivity contribution is 5.31. The summed E-state index contributed by atoms with van der Waals surface area (Å²) in [5.74, 6) is 1.77. The Labute approximate surface area is 122 Å². The van der Waals surface area contributed by atoms with Gasteiger partial charge in [-0.15, -0.1) is 0 Å². The second-order valence-electron chi connectivity index (χ2n) is 5.08. The largest absolute Gasteiger partial charge is 0.497 e. The van der Waals surface area contributed by atoms with Crippen molar-refractivity contribution in [1.29, 1.82) is 0 Å². The molecule has 3 nitrogen and oxygen atoms in total. The van der Waals surface area contributed by atoms with Crippen molar-refractivity contribution in [3.05, 3.63) is 24.3 Å². The minimum atomic E-state index is 0.336. The highest BCUT2D eigenvalue weighted by Gasteiger charge is 1.96. The molecule has 0 fully saturated rings. The molecule has 1 rings (SSSR count). The van der Waals surface area contributed by atoms with Gasteiger partial charge in [0.25, 0.3) is 0 Å². The third-order valence-electron chi connectivity index (χ3n) is 3.38. The molecule has 0 aromatic heterocycles. The Balaban J connectivity index is 1.91. The van der Waals surface area contributed by atoms with Crippen molar-refractivity contribution in [3.8, 4) is 11.5 Å². The van der Waals surface area contributed by atoms with Crippen molar-refractivity contribution in [2.24, 2.45) is 0 Å². The molecule has 0 aliphatic heterocycles. The lowest BCUT2D eigenvalue weighted by Gasteiger charge is -2.07. The van der Waals surface area contributed by atoms with Gasteiger partial charge in [0.15, 0.2) is 0 Å². The monoisotopic (exact) mass is 280 g/mol. The highest BCUT2D eigenvalue weighted by Crippen LogP contribution is 2.17. The highest BCUT2D eigenvalue weighted by atomic mass is 16.5. The van der Waals surface area contributed by atoms with Gasteiger partial charge in [0.2, 0.25) is 0 Å². The van der Waals surface area contributed by atoms with E-state index >= 15 is 0 Å². The predicted octanol–water partition coefficient (Wildman–Crippen LogP) is 4.19. The van der Waals surface area contributed by atoms with Gasteiger partial charge in [-0.25, -0.2) is 0 Å². The number of rotatable bonds is 12. The van der Waals surface area contributed by atoms with Crippen LogP contribution in [-0.2, 0) is 0 Å². The molecule has 1 aromatic rings. The van der Waals surface area contributed by atoms with Crippen molar-refractivity contribution in [1.82, 2.24) is 0 Å². The zero-order valence-corrected chi connectivity index (χ0v) is 12.6. The lowest BCUT2D eigenvalue weighted by atomic mass is 10.1. The number of unbranched alkanes of at least 4 members (excludes halogenated alkanes) is 7. The topological polar surface area (TPSA) is 38.7 Å². The summed E-state index contributed by atoms with van der Waals surface area (Å²) in [6.45, 7) is 1.12. The summed E-state index contributed by atoms with van der Waals surface area (Å²) < 4.78 is 10.8. The Bertz CT molecular complexity index is 322. The summed E-state index contributed by atoms with van der Waals surface area (Å²) in [5, 5.41) is 8.67. The van der Waals surface area contributed by atoms with Crippen LogP contribution in [0.3, 0.4) is 0 Å². The molecule has 0 amide bonds. The summed E-state index contributed by atoms with van der Waals surface area (Å²) >= 11 is 0. The second-order valence-corrected chi connectivity index (χ2v) is 5.08. The van der Waals surface area contributed by atoms with Crippen LogP contribution in [0.5, 0.6) is 11.5 Å². The van der Waals surface area contributed by atoms with Crippen LogP contribution < -0.4 is 9.47 Å². The van der Waals surface area contributed by atoms with E-state index in [1.54, 1.807) is 7.11 Å². The van der Waals surface area contributed by atoms with E-state index in [4.69, 9.17) is 14.6 Å². The molecular weight excluding hydrogens is 252 g/mol. The van der Waals surface area contributed by atoms with E-state index in [2.05, 4.69) is 0 Å². The minimum Gasteiger partial charge on any atom is -0.497 e. The molecule has 0 saturated heterocycles. The lowest BCUT2D eigenvalue weighted by molar-refractivity contribution is 0.282. The molecule has 0 heterocycles. The van der Waals surface area contributed by atoms with Crippen molar-refractivity contribution in [2.75, 3.05) is 20.3 Å². The van der Waals surface area contributed by atoms with Crippen LogP contribution in [0.1, 0.15) is 51.4 Å². The van der Waals surface area contributed by atoms with E-state index in [1.807, 2.05) is 24.3 Å². The zero-order chi connectivity index (χ0) is 14.5. The van der Waals surface area contributed by atoms with Gasteiger partial charge in [0.1, 0.15) is 11.5 Å². The van der Waals surface area contributed by atoms with Crippen molar-refractivity contribution < 1.29 is 14.6 Å². The molecule has 1 N–H and O–H groups in total. The maximum Gasteiger partial charge on any atom is 0.119 e. The second kappa shape index (κ2) is 11.6. The first-order valence-corrected chi connectivity index (χ1v) is 7.74. The summed E-state index contributed by atoms with van der Waals surface area (Å²) in [6, 6.07) is 7.73. The number of benzene rings is 1. The molecule has 0 saturated carbocycles. The maximum atomic E-state index is 8.67. The summed E-state index contributed by atoms with van der Waals surface area (Å²) in [6.07, 6.45) is 9.59. The van der Waals surface area contributed by atoms with Crippen LogP contribution >= 0.6 is 0 Å². The van der Waals surface area contributed by atoms with Crippen molar-refractivity contribution in [2.45, 2.75) is 51.4 Å². The third-order valence-corrected chi connectivity index (χ3v) is 3.38. The first-order chi connectivity index (χ1) is 9.86. The number of aliphatic hydroxyl groups excluding tert-OH is 1. The maximum absolute atomic E-state index is 8.67. The van der Waals surface area contributed by atoms with E-state index in [1.165, 1.54) is 32.1 Å². The van der Waals surface area contributed by atoms with Crippen molar-refractivity contribution in [3.63, 3.8) is 0 Å². The summed E-state index contributed by atoms with van der Waals surface area (Å²) in [7, 11) is 1.67. The van der Waals surface area contributed by atoms with Gasteiger partial charge in [0.05, 0.1) is 13.7 Å². The first-order valence-electron chi connectivity index (χ1n) is 7.74. The smallest absolute Gasteiger partial charge is 0.119 e. The molecule has 20 heavy (non-hydrogen) atoms. The number of ether oxygens (including phenoxy) is 2. The van der Waals surface area contributed by atoms with Gasteiger partial charge in [-0.3, -0.25) is 0 Å². The van der Waals surface area contributed by atoms with Gasteiger partial charge >= 0.3 is 0 Å². The summed E-state index contributed by atoms with van der Waals surface area (Å²) in [4.78, 5) is 0. The van der Waals surface area contributed by atoms with Crippen LogP contribution in [0, 0.1) is 0 Å². The lowest BCUT2D eigenvalue weighted by Crippen LogP contribution is -1.97. The molecule has 3 heteroatoms. The Morgan fingerprint density at radius 3 is 1.80 bits per heavy atom. The van der Waals surface area contributed by atoms with Crippen LogP contribution in [0.25, 0.3) is 0 Å². The fourth-order valence-corrected chi connectivity index (χ4v) is 2.14. The Morgan fingerprint density at radius 1 is 0.750 bits per heavy atom. The molecular formula is C17H28O3. The molecule has 1 aromatic carbocycles. The average Bonchev–Trinajstić information content (AvgIpc) is 2.50. The minimum absolute atomic E-state index is 0.336. The Hall–Kier alpha value is -1.22. The quantitative estimate of drug-likeness (QED) is 0.584. The van der Waals surface area contributed by atoms with Crippen LogP contribution in [0.4, 0.5) is 0 Å². The van der Waals surface area contributed by atoms with E-state index in [-0.39, 0.29) is 0 Å². The number of aliphatic hydroxyl groups is 1. The van der Waals surface area contributed by atoms with Gasteiger partial charge in [-0.2, -0.15) is 0 Å². The number of methoxy groups -OCH3 is 1. The van der Waals surface area contributed by atoms with Gasteiger partial charge in [-0.1, -0.05) is 38.5 Å². The number of hydrogen-bond acceptors (Lipinski definition) is 3. The van der Waals surface area contributed by atoms with Crippen LogP contribution in [-0.4, -0.2) is 25.4 Å². The molecule has 0 atom stereocenters. The fraction of sp³-hybridized carbons (Fsp3) is 0.647. The molecule has 0 unspecified atom stereocenters. The van der Waals surface area contributed by atoms with Crippen LogP contribution in [0.15, 0.2) is 24.3 Å². The Morgan fingerprint density at radius 2 is 1.25 bits per heavy atom. The molecule has 0 bridgehead atoms. The molecule has 0 radical (unpaired) electrons. The average molecular weight is 280 g/mol.